The van der Waals surface area contributed by atoms with E-state index in [-0.39, 0.29) is 34.7 Å². The zero-order valence-electron chi connectivity index (χ0n) is 19.3. The number of halogens is 7. The van der Waals surface area contributed by atoms with Gasteiger partial charge in [0.15, 0.2) is 5.69 Å². The number of aromatic nitrogens is 2. The summed E-state index contributed by atoms with van der Waals surface area (Å²) in [5, 5.41) is 23.0. The smallest absolute Gasteiger partial charge is 0.435 e. The van der Waals surface area contributed by atoms with Crippen molar-refractivity contribution >= 4 is 11.6 Å². The molecule has 3 aromatic carbocycles. The summed E-state index contributed by atoms with van der Waals surface area (Å²) in [6, 6.07) is 14.6. The Kier molecular flexibility index (Phi) is 7.04. The van der Waals surface area contributed by atoms with Crippen molar-refractivity contribution in [2.45, 2.75) is 19.0 Å². The van der Waals surface area contributed by atoms with Crippen molar-refractivity contribution in [2.24, 2.45) is 7.05 Å². The molecule has 5 nitrogen and oxygen atoms in total. The normalized spacial score (nSPS) is 11.9. The number of hydrogen-bond donors (Lipinski definition) is 1. The standard InChI is InChI=1S/C26H16ClF6N3O2/c1-36-20(11-22(35-36)26(31,32)33)17-7-9-21(38-13-15-4-2-14(12-34)3-5-15)23(24(17)37)16-6-8-19(27)18(10-16)25(28,29)30/h2-11,37H,13H2,1H3. The van der Waals surface area contributed by atoms with Gasteiger partial charge >= 0.3 is 12.4 Å². The number of aromatic hydroxyl groups is 1. The van der Waals surface area contributed by atoms with E-state index in [1.54, 1.807) is 24.3 Å². The van der Waals surface area contributed by atoms with Crippen LogP contribution in [0.4, 0.5) is 26.3 Å². The van der Waals surface area contributed by atoms with Crippen LogP contribution in [0.15, 0.2) is 60.7 Å². The summed E-state index contributed by atoms with van der Waals surface area (Å²) in [5.74, 6) is -0.654. The van der Waals surface area contributed by atoms with E-state index >= 15 is 0 Å². The number of phenolic OH excluding ortho intramolecular Hbond substituents is 1. The third-order valence-corrected chi connectivity index (χ3v) is 5.95. The van der Waals surface area contributed by atoms with Crippen LogP contribution in [-0.2, 0) is 26.0 Å². The number of alkyl halides is 6. The van der Waals surface area contributed by atoms with Crippen LogP contribution in [0.25, 0.3) is 22.4 Å². The number of ether oxygens (including phenoxy) is 1. The summed E-state index contributed by atoms with van der Waals surface area (Å²) < 4.78 is 87.1. The van der Waals surface area contributed by atoms with Gasteiger partial charge in [-0.3, -0.25) is 4.68 Å². The van der Waals surface area contributed by atoms with Crippen molar-refractivity contribution in [1.29, 1.82) is 5.26 Å². The number of aryl methyl sites for hydroxylation is 1. The second-order valence-corrected chi connectivity index (χ2v) is 8.57. The number of nitriles is 1. The predicted molar refractivity (Wildman–Crippen MR) is 126 cm³/mol. The monoisotopic (exact) mass is 551 g/mol. The molecule has 0 fully saturated rings. The van der Waals surface area contributed by atoms with Crippen LogP contribution in [0.5, 0.6) is 11.5 Å². The van der Waals surface area contributed by atoms with E-state index < -0.39 is 34.4 Å². The van der Waals surface area contributed by atoms with Crippen molar-refractivity contribution < 1.29 is 36.2 Å². The minimum Gasteiger partial charge on any atom is -0.506 e. The Hall–Kier alpha value is -4.17. The Bertz CT molecular complexity index is 1540. The van der Waals surface area contributed by atoms with E-state index in [0.29, 0.717) is 11.1 Å². The Morgan fingerprint density at radius 2 is 1.66 bits per heavy atom. The zero-order chi connectivity index (χ0) is 27.8. The molecule has 0 radical (unpaired) electrons. The van der Waals surface area contributed by atoms with E-state index in [0.717, 1.165) is 22.9 Å². The van der Waals surface area contributed by atoms with Crippen LogP contribution in [0.1, 0.15) is 22.4 Å². The second-order valence-electron chi connectivity index (χ2n) is 8.16. The SMILES string of the molecule is Cn1nc(C(F)(F)F)cc1-c1ccc(OCc2ccc(C#N)cc2)c(-c2ccc(Cl)c(C(F)(F)F)c2)c1O. The maximum absolute atomic E-state index is 13.6. The molecular formula is C26H16ClF6N3O2. The van der Waals surface area contributed by atoms with E-state index in [1.807, 2.05) is 6.07 Å². The Morgan fingerprint density at radius 3 is 2.24 bits per heavy atom. The fourth-order valence-corrected chi connectivity index (χ4v) is 4.00. The van der Waals surface area contributed by atoms with Crippen molar-refractivity contribution in [2.75, 3.05) is 0 Å². The Balaban J connectivity index is 1.86. The lowest BCUT2D eigenvalue weighted by atomic mass is 9.97. The first kappa shape index (κ1) is 26.9. The predicted octanol–water partition coefficient (Wildman–Crippen LogP) is 7.60. The fourth-order valence-electron chi connectivity index (χ4n) is 3.77. The third-order valence-electron chi connectivity index (χ3n) is 5.62. The molecule has 0 saturated heterocycles. The molecule has 0 aliphatic rings. The van der Waals surface area contributed by atoms with E-state index in [4.69, 9.17) is 21.6 Å². The fraction of sp³-hybridized carbons (Fsp3) is 0.154. The summed E-state index contributed by atoms with van der Waals surface area (Å²) in [5.41, 5.74) is -1.90. The molecule has 38 heavy (non-hydrogen) atoms. The van der Waals surface area contributed by atoms with Gasteiger partial charge in [0.2, 0.25) is 0 Å². The van der Waals surface area contributed by atoms with Crippen molar-refractivity contribution in [3.8, 4) is 40.0 Å². The highest BCUT2D eigenvalue weighted by molar-refractivity contribution is 6.31. The quantitative estimate of drug-likeness (QED) is 0.259. The van der Waals surface area contributed by atoms with Crippen LogP contribution in [0.3, 0.4) is 0 Å². The lowest BCUT2D eigenvalue weighted by Gasteiger charge is -2.18. The number of benzene rings is 3. The molecular weight excluding hydrogens is 536 g/mol. The minimum atomic E-state index is -4.81. The summed E-state index contributed by atoms with van der Waals surface area (Å²) in [7, 11) is 1.24. The van der Waals surface area contributed by atoms with Gasteiger partial charge in [0, 0.05) is 12.6 Å². The summed E-state index contributed by atoms with van der Waals surface area (Å²) >= 11 is 5.75. The molecule has 0 saturated carbocycles. The molecule has 0 aliphatic carbocycles. The molecule has 0 aliphatic heterocycles. The zero-order valence-corrected chi connectivity index (χ0v) is 20.1. The van der Waals surface area contributed by atoms with Crippen LogP contribution >= 0.6 is 11.6 Å². The van der Waals surface area contributed by atoms with Crippen molar-refractivity contribution in [1.82, 2.24) is 9.78 Å². The van der Waals surface area contributed by atoms with E-state index in [1.165, 1.54) is 25.2 Å². The first-order valence-corrected chi connectivity index (χ1v) is 11.1. The lowest BCUT2D eigenvalue weighted by Crippen LogP contribution is -2.06. The van der Waals surface area contributed by atoms with Crippen LogP contribution in [0.2, 0.25) is 5.02 Å². The van der Waals surface area contributed by atoms with Gasteiger partial charge in [0.1, 0.15) is 18.1 Å². The largest absolute Gasteiger partial charge is 0.506 e. The van der Waals surface area contributed by atoms with Crippen LogP contribution < -0.4 is 4.74 Å². The molecule has 0 atom stereocenters. The van der Waals surface area contributed by atoms with Crippen molar-refractivity contribution in [3.63, 3.8) is 0 Å². The van der Waals surface area contributed by atoms with Gasteiger partial charge in [-0.15, -0.1) is 0 Å². The maximum atomic E-state index is 13.6. The average Bonchev–Trinajstić information content (AvgIpc) is 3.25. The third kappa shape index (κ3) is 5.40. The highest BCUT2D eigenvalue weighted by atomic mass is 35.5. The van der Waals surface area contributed by atoms with E-state index in [9.17, 15) is 31.4 Å². The lowest BCUT2D eigenvalue weighted by molar-refractivity contribution is -0.141. The maximum Gasteiger partial charge on any atom is 0.435 e. The molecule has 0 unspecified atom stereocenters. The van der Waals surface area contributed by atoms with Gasteiger partial charge in [-0.05, 0) is 53.6 Å². The second kappa shape index (κ2) is 9.95. The van der Waals surface area contributed by atoms with Gasteiger partial charge in [0.05, 0.1) is 33.5 Å². The minimum absolute atomic E-state index is 0.0377. The first-order valence-electron chi connectivity index (χ1n) is 10.8. The first-order chi connectivity index (χ1) is 17.8. The van der Waals surface area contributed by atoms with Crippen molar-refractivity contribution in [3.05, 3.63) is 88.1 Å². The topological polar surface area (TPSA) is 71.1 Å². The van der Waals surface area contributed by atoms with Crippen LogP contribution in [-0.4, -0.2) is 14.9 Å². The molecule has 196 valence electrons. The number of nitrogens with zero attached hydrogens (tertiary/aromatic N) is 3. The average molecular weight is 552 g/mol. The van der Waals surface area contributed by atoms with Gasteiger partial charge in [-0.1, -0.05) is 29.8 Å². The van der Waals surface area contributed by atoms with E-state index in [2.05, 4.69) is 5.10 Å². The number of phenols is 1. The highest BCUT2D eigenvalue weighted by Gasteiger charge is 2.36. The molecule has 0 amide bonds. The van der Waals surface area contributed by atoms with Gasteiger partial charge in [-0.2, -0.15) is 36.7 Å². The molecule has 1 heterocycles. The molecule has 4 rings (SSSR count). The molecule has 0 spiro atoms. The highest BCUT2D eigenvalue weighted by Crippen LogP contribution is 2.47. The summed E-state index contributed by atoms with van der Waals surface area (Å²) in [6.45, 7) is -0.0822. The van der Waals surface area contributed by atoms with Gasteiger partial charge < -0.3 is 9.84 Å². The molecule has 0 bridgehead atoms. The van der Waals surface area contributed by atoms with Gasteiger partial charge in [-0.25, -0.2) is 0 Å². The molecule has 1 N–H and O–H groups in total. The molecule has 12 heteroatoms. The van der Waals surface area contributed by atoms with Gasteiger partial charge in [0.25, 0.3) is 0 Å². The number of hydrogen-bond acceptors (Lipinski definition) is 4. The summed E-state index contributed by atoms with van der Waals surface area (Å²) in [6.07, 6.45) is -9.57. The molecule has 1 aromatic heterocycles. The number of rotatable bonds is 5. The van der Waals surface area contributed by atoms with Crippen LogP contribution in [0, 0.1) is 11.3 Å². The summed E-state index contributed by atoms with van der Waals surface area (Å²) in [4.78, 5) is 0. The Labute approximate surface area is 217 Å². The molecule has 4 aromatic rings. The Morgan fingerprint density at radius 1 is 0.974 bits per heavy atom.